The molecule has 84 valence electrons. The van der Waals surface area contributed by atoms with Gasteiger partial charge in [-0.05, 0) is 6.07 Å². The molecule has 2 aromatic rings. The maximum Gasteiger partial charge on any atom is 0.304 e. The second-order valence-electron chi connectivity index (χ2n) is 4.43. The van der Waals surface area contributed by atoms with Crippen LogP contribution in [0.2, 0.25) is 0 Å². The summed E-state index contributed by atoms with van der Waals surface area (Å²) >= 11 is 0. The van der Waals surface area contributed by atoms with E-state index in [0.29, 0.717) is 5.82 Å². The van der Waals surface area contributed by atoms with E-state index < -0.39 is 11.4 Å². The van der Waals surface area contributed by atoms with Gasteiger partial charge in [-0.15, -0.1) is 0 Å². The molecular weight excluding hydrogens is 206 g/mol. The average Bonchev–Trinajstić information content (AvgIpc) is 2.59. The lowest BCUT2D eigenvalue weighted by Gasteiger charge is -2.18. The Labute approximate surface area is 92.5 Å². The van der Waals surface area contributed by atoms with Crippen LogP contribution in [-0.2, 0) is 10.2 Å². The van der Waals surface area contributed by atoms with Crippen molar-refractivity contribution >= 4 is 17.0 Å². The summed E-state index contributed by atoms with van der Waals surface area (Å²) in [6.45, 7) is 3.71. The number of hydrogen-bond acceptors (Lipinski definition) is 3. The van der Waals surface area contributed by atoms with Gasteiger partial charge < -0.3 is 10.1 Å². The number of pyridine rings is 1. The van der Waals surface area contributed by atoms with Gasteiger partial charge in [-0.3, -0.25) is 9.78 Å². The fraction of sp³-hybridized carbons (Fsp3) is 0.364. The third-order valence-electron chi connectivity index (χ3n) is 2.52. The zero-order valence-electron chi connectivity index (χ0n) is 9.19. The van der Waals surface area contributed by atoms with E-state index in [1.807, 2.05) is 13.8 Å². The van der Waals surface area contributed by atoms with E-state index in [9.17, 15) is 4.79 Å². The van der Waals surface area contributed by atoms with Crippen LogP contribution in [0.3, 0.4) is 0 Å². The topological polar surface area (TPSA) is 78.9 Å². The molecule has 5 nitrogen and oxygen atoms in total. The number of H-pyrrole nitrogens is 1. The van der Waals surface area contributed by atoms with Crippen molar-refractivity contribution in [2.24, 2.45) is 0 Å². The Kier molecular flexibility index (Phi) is 2.38. The SMILES string of the molecule is CC(C)(CC(=O)O)c1nc2ccncc2[nH]1. The number of carboxylic acids is 1. The van der Waals surface area contributed by atoms with Crippen LogP contribution in [0.25, 0.3) is 11.0 Å². The minimum Gasteiger partial charge on any atom is -0.481 e. The zero-order valence-corrected chi connectivity index (χ0v) is 9.19. The highest BCUT2D eigenvalue weighted by Crippen LogP contribution is 2.26. The Morgan fingerprint density at radius 3 is 2.94 bits per heavy atom. The fourth-order valence-electron chi connectivity index (χ4n) is 1.64. The summed E-state index contributed by atoms with van der Waals surface area (Å²) in [5, 5.41) is 8.83. The first kappa shape index (κ1) is 10.6. The molecule has 0 aliphatic carbocycles. The number of aliphatic carboxylic acids is 1. The number of nitrogens with one attached hydrogen (secondary N) is 1. The fourth-order valence-corrected chi connectivity index (χ4v) is 1.64. The monoisotopic (exact) mass is 219 g/mol. The number of aromatic amines is 1. The molecule has 0 spiro atoms. The molecule has 2 aromatic heterocycles. The molecule has 0 fully saturated rings. The van der Waals surface area contributed by atoms with Crippen LogP contribution in [0.1, 0.15) is 26.1 Å². The van der Waals surface area contributed by atoms with E-state index >= 15 is 0 Å². The number of hydrogen-bond donors (Lipinski definition) is 2. The molecule has 0 amide bonds. The molecule has 0 aliphatic rings. The maximum absolute atomic E-state index is 10.7. The molecule has 0 bridgehead atoms. The number of carboxylic acid groups (broad SMARTS) is 1. The van der Waals surface area contributed by atoms with Crippen molar-refractivity contribution in [1.82, 2.24) is 15.0 Å². The van der Waals surface area contributed by atoms with E-state index in [0.717, 1.165) is 11.0 Å². The summed E-state index contributed by atoms with van der Waals surface area (Å²) in [5.41, 5.74) is 1.13. The lowest BCUT2D eigenvalue weighted by atomic mass is 9.88. The molecule has 0 aromatic carbocycles. The molecule has 0 aliphatic heterocycles. The summed E-state index contributed by atoms with van der Waals surface area (Å²) in [6.07, 6.45) is 3.39. The van der Waals surface area contributed by atoms with Crippen LogP contribution in [0.15, 0.2) is 18.5 Å². The van der Waals surface area contributed by atoms with Gasteiger partial charge in [0.2, 0.25) is 0 Å². The first-order chi connectivity index (χ1) is 7.49. The molecule has 16 heavy (non-hydrogen) atoms. The van der Waals surface area contributed by atoms with Gasteiger partial charge in [0.25, 0.3) is 0 Å². The molecule has 0 saturated heterocycles. The quantitative estimate of drug-likeness (QED) is 0.823. The Bertz CT molecular complexity index is 498. The lowest BCUT2D eigenvalue weighted by molar-refractivity contribution is -0.138. The third kappa shape index (κ3) is 1.88. The molecule has 2 N–H and O–H groups in total. The van der Waals surface area contributed by atoms with Crippen LogP contribution >= 0.6 is 0 Å². The highest BCUT2D eigenvalue weighted by Gasteiger charge is 2.27. The summed E-state index contributed by atoms with van der Waals surface area (Å²) in [6, 6.07) is 1.80. The van der Waals surface area contributed by atoms with Crippen molar-refractivity contribution in [3.8, 4) is 0 Å². The van der Waals surface area contributed by atoms with E-state index in [2.05, 4.69) is 15.0 Å². The van der Waals surface area contributed by atoms with Gasteiger partial charge in [0.1, 0.15) is 5.82 Å². The smallest absolute Gasteiger partial charge is 0.304 e. The predicted octanol–water partition coefficient (Wildman–Crippen LogP) is 1.71. The molecule has 2 rings (SSSR count). The molecular formula is C11H13N3O2. The Morgan fingerprint density at radius 1 is 1.56 bits per heavy atom. The number of rotatable bonds is 3. The van der Waals surface area contributed by atoms with Crippen LogP contribution in [-0.4, -0.2) is 26.0 Å². The number of imidazole rings is 1. The summed E-state index contributed by atoms with van der Waals surface area (Å²) in [5.74, 6) is -0.151. The molecule has 0 saturated carbocycles. The number of aromatic nitrogens is 3. The number of fused-ring (bicyclic) bond motifs is 1. The normalized spacial score (nSPS) is 11.9. The van der Waals surface area contributed by atoms with Crippen molar-refractivity contribution in [3.63, 3.8) is 0 Å². The Hall–Kier alpha value is -1.91. The summed E-state index contributed by atoms with van der Waals surface area (Å²) in [7, 11) is 0. The van der Waals surface area contributed by atoms with Crippen molar-refractivity contribution in [1.29, 1.82) is 0 Å². The minimum absolute atomic E-state index is 0.0419. The van der Waals surface area contributed by atoms with Crippen molar-refractivity contribution in [2.75, 3.05) is 0 Å². The highest BCUT2D eigenvalue weighted by atomic mass is 16.4. The molecule has 0 unspecified atom stereocenters. The summed E-state index contributed by atoms with van der Waals surface area (Å²) in [4.78, 5) is 22.2. The van der Waals surface area contributed by atoms with Crippen molar-refractivity contribution < 1.29 is 9.90 Å². The van der Waals surface area contributed by atoms with Crippen molar-refractivity contribution in [3.05, 3.63) is 24.3 Å². The van der Waals surface area contributed by atoms with Gasteiger partial charge >= 0.3 is 5.97 Å². The third-order valence-corrected chi connectivity index (χ3v) is 2.52. The van der Waals surface area contributed by atoms with Crippen LogP contribution in [0, 0.1) is 0 Å². The second-order valence-corrected chi connectivity index (χ2v) is 4.43. The van der Waals surface area contributed by atoms with Gasteiger partial charge in [-0.2, -0.15) is 0 Å². The van der Waals surface area contributed by atoms with Crippen LogP contribution < -0.4 is 0 Å². The standard InChI is InChI=1S/C11H13N3O2/c1-11(2,5-9(15)16)10-13-7-3-4-12-6-8(7)14-10/h3-4,6H,5H2,1-2H3,(H,13,14)(H,15,16). The van der Waals surface area contributed by atoms with Gasteiger partial charge in [-0.1, -0.05) is 13.8 Å². The van der Waals surface area contributed by atoms with Crippen molar-refractivity contribution in [2.45, 2.75) is 25.7 Å². The summed E-state index contributed by atoms with van der Waals surface area (Å²) < 4.78 is 0. The number of carbonyl (C=O) groups is 1. The highest BCUT2D eigenvalue weighted by molar-refractivity contribution is 5.74. The van der Waals surface area contributed by atoms with E-state index in [4.69, 9.17) is 5.11 Å². The molecule has 0 radical (unpaired) electrons. The van der Waals surface area contributed by atoms with Gasteiger partial charge in [0.05, 0.1) is 23.7 Å². The van der Waals surface area contributed by atoms with Crippen LogP contribution in [0.4, 0.5) is 0 Å². The average molecular weight is 219 g/mol. The minimum atomic E-state index is -0.830. The van der Waals surface area contributed by atoms with E-state index in [1.165, 1.54) is 0 Å². The lowest BCUT2D eigenvalue weighted by Crippen LogP contribution is -2.23. The molecule has 0 atom stereocenters. The zero-order chi connectivity index (χ0) is 11.8. The second kappa shape index (κ2) is 3.59. The van der Waals surface area contributed by atoms with Crippen LogP contribution in [0.5, 0.6) is 0 Å². The Morgan fingerprint density at radius 2 is 2.31 bits per heavy atom. The largest absolute Gasteiger partial charge is 0.481 e. The Balaban J connectivity index is 2.43. The first-order valence-corrected chi connectivity index (χ1v) is 5.01. The van der Waals surface area contributed by atoms with E-state index in [-0.39, 0.29) is 6.42 Å². The maximum atomic E-state index is 10.7. The van der Waals surface area contributed by atoms with Gasteiger partial charge in [0.15, 0.2) is 0 Å². The molecule has 2 heterocycles. The van der Waals surface area contributed by atoms with E-state index in [1.54, 1.807) is 18.5 Å². The first-order valence-electron chi connectivity index (χ1n) is 5.01. The number of nitrogens with zero attached hydrogens (tertiary/aromatic N) is 2. The predicted molar refractivity (Wildman–Crippen MR) is 59.2 cm³/mol. The van der Waals surface area contributed by atoms with Gasteiger partial charge in [0, 0.05) is 11.6 Å². The van der Waals surface area contributed by atoms with Gasteiger partial charge in [-0.25, -0.2) is 4.98 Å². The molecule has 5 heteroatoms.